The van der Waals surface area contributed by atoms with Crippen LogP contribution in [0.4, 0.5) is 5.69 Å². The van der Waals surface area contributed by atoms with E-state index in [9.17, 15) is 0 Å². The number of hydrogen-bond donors (Lipinski definition) is 1. The summed E-state index contributed by atoms with van der Waals surface area (Å²) in [4.78, 5) is 5.68. The van der Waals surface area contributed by atoms with Gasteiger partial charge in [-0.3, -0.25) is 0 Å². The number of benzene rings is 1. The Morgan fingerprint density at radius 1 is 1.29 bits per heavy atom. The number of hydrogen-bond acceptors (Lipinski definition) is 4. The molecular formula is C13H16N2OS. The lowest BCUT2D eigenvalue weighted by atomic mass is 10.2. The van der Waals surface area contributed by atoms with Crippen molar-refractivity contribution in [3.8, 4) is 5.75 Å². The van der Waals surface area contributed by atoms with Gasteiger partial charge in [0.2, 0.25) is 0 Å². The highest BCUT2D eigenvalue weighted by Crippen LogP contribution is 2.25. The van der Waals surface area contributed by atoms with Gasteiger partial charge in [0.15, 0.2) is 0 Å². The SMILES string of the molecule is Cc1nc(COc2cccc(N)c2C)sc1C. The van der Waals surface area contributed by atoms with Gasteiger partial charge in [0, 0.05) is 16.1 Å². The van der Waals surface area contributed by atoms with Gasteiger partial charge in [-0.05, 0) is 32.9 Å². The zero-order valence-corrected chi connectivity index (χ0v) is 11.1. The second-order valence-corrected chi connectivity index (χ2v) is 5.30. The molecule has 0 bridgehead atoms. The molecule has 4 heteroatoms. The van der Waals surface area contributed by atoms with Crippen molar-refractivity contribution in [2.45, 2.75) is 27.4 Å². The number of aromatic nitrogens is 1. The highest BCUT2D eigenvalue weighted by molar-refractivity contribution is 7.11. The molecule has 2 aromatic rings. The van der Waals surface area contributed by atoms with Crippen LogP contribution in [0.1, 0.15) is 21.1 Å². The van der Waals surface area contributed by atoms with Crippen LogP contribution in [0.3, 0.4) is 0 Å². The molecule has 90 valence electrons. The smallest absolute Gasteiger partial charge is 0.140 e. The maximum absolute atomic E-state index is 5.82. The first-order valence-electron chi connectivity index (χ1n) is 5.48. The number of nitrogen functional groups attached to an aromatic ring is 1. The lowest BCUT2D eigenvalue weighted by Gasteiger charge is -2.09. The normalized spacial score (nSPS) is 10.5. The minimum Gasteiger partial charge on any atom is -0.486 e. The van der Waals surface area contributed by atoms with Crippen LogP contribution in [0.5, 0.6) is 5.75 Å². The summed E-state index contributed by atoms with van der Waals surface area (Å²) in [6.45, 7) is 6.55. The van der Waals surface area contributed by atoms with Gasteiger partial charge >= 0.3 is 0 Å². The van der Waals surface area contributed by atoms with E-state index in [0.29, 0.717) is 6.61 Å². The fraction of sp³-hybridized carbons (Fsp3) is 0.308. The molecule has 0 fully saturated rings. The van der Waals surface area contributed by atoms with Gasteiger partial charge in [0.25, 0.3) is 0 Å². The lowest BCUT2D eigenvalue weighted by Crippen LogP contribution is -1.98. The van der Waals surface area contributed by atoms with Crippen LogP contribution >= 0.6 is 11.3 Å². The van der Waals surface area contributed by atoms with E-state index in [2.05, 4.69) is 11.9 Å². The van der Waals surface area contributed by atoms with Crippen LogP contribution in [0.15, 0.2) is 18.2 Å². The van der Waals surface area contributed by atoms with Crippen molar-refractivity contribution < 1.29 is 4.74 Å². The molecule has 0 aliphatic rings. The molecule has 0 atom stereocenters. The van der Waals surface area contributed by atoms with E-state index in [-0.39, 0.29) is 0 Å². The van der Waals surface area contributed by atoms with Crippen molar-refractivity contribution in [2.75, 3.05) is 5.73 Å². The molecule has 0 aliphatic heterocycles. The maximum atomic E-state index is 5.82. The summed E-state index contributed by atoms with van der Waals surface area (Å²) in [5.41, 5.74) is 8.65. The van der Waals surface area contributed by atoms with Crippen molar-refractivity contribution in [1.82, 2.24) is 4.98 Å². The second kappa shape index (κ2) is 4.75. The predicted octanol–water partition coefficient (Wildman–Crippen LogP) is 3.23. The number of rotatable bonds is 3. The Balaban J connectivity index is 2.10. The van der Waals surface area contributed by atoms with E-state index < -0.39 is 0 Å². The highest BCUT2D eigenvalue weighted by atomic mass is 32.1. The van der Waals surface area contributed by atoms with Crippen molar-refractivity contribution in [2.24, 2.45) is 0 Å². The van der Waals surface area contributed by atoms with Crippen LogP contribution in [0.2, 0.25) is 0 Å². The van der Waals surface area contributed by atoms with Gasteiger partial charge in [-0.1, -0.05) is 6.07 Å². The Kier molecular flexibility index (Phi) is 3.33. The van der Waals surface area contributed by atoms with Gasteiger partial charge in [-0.25, -0.2) is 4.98 Å². The molecule has 2 N–H and O–H groups in total. The molecule has 0 aliphatic carbocycles. The zero-order valence-electron chi connectivity index (χ0n) is 10.3. The largest absolute Gasteiger partial charge is 0.486 e. The maximum Gasteiger partial charge on any atom is 0.140 e. The minimum absolute atomic E-state index is 0.504. The predicted molar refractivity (Wildman–Crippen MR) is 71.5 cm³/mol. The van der Waals surface area contributed by atoms with Crippen molar-refractivity contribution in [3.63, 3.8) is 0 Å². The molecule has 1 aromatic heterocycles. The van der Waals surface area contributed by atoms with Crippen molar-refractivity contribution >= 4 is 17.0 Å². The molecule has 17 heavy (non-hydrogen) atoms. The van der Waals surface area contributed by atoms with Gasteiger partial charge in [-0.2, -0.15) is 0 Å². The first kappa shape index (κ1) is 11.9. The van der Waals surface area contributed by atoms with E-state index in [1.165, 1.54) is 4.88 Å². The number of aryl methyl sites for hydroxylation is 2. The first-order valence-corrected chi connectivity index (χ1v) is 6.30. The van der Waals surface area contributed by atoms with Gasteiger partial charge in [0.1, 0.15) is 17.4 Å². The summed E-state index contributed by atoms with van der Waals surface area (Å²) in [7, 11) is 0. The van der Waals surface area contributed by atoms with E-state index in [4.69, 9.17) is 10.5 Å². The number of nitrogens with two attached hydrogens (primary N) is 1. The lowest BCUT2D eigenvalue weighted by molar-refractivity contribution is 0.303. The Hall–Kier alpha value is -1.55. The molecule has 1 aromatic carbocycles. The third kappa shape index (κ3) is 2.58. The third-order valence-corrected chi connectivity index (χ3v) is 3.80. The summed E-state index contributed by atoms with van der Waals surface area (Å²) in [5.74, 6) is 0.829. The van der Waals surface area contributed by atoms with E-state index in [1.807, 2.05) is 32.0 Å². The summed E-state index contributed by atoms with van der Waals surface area (Å²) >= 11 is 1.68. The standard InChI is InChI=1S/C13H16N2OS/c1-8-11(14)5-4-6-12(8)16-7-13-15-9(2)10(3)17-13/h4-6H,7,14H2,1-3H3. The Morgan fingerprint density at radius 2 is 2.06 bits per heavy atom. The Morgan fingerprint density at radius 3 is 2.71 bits per heavy atom. The monoisotopic (exact) mass is 248 g/mol. The van der Waals surface area contributed by atoms with Crippen molar-refractivity contribution in [1.29, 1.82) is 0 Å². The van der Waals surface area contributed by atoms with Crippen LogP contribution < -0.4 is 10.5 Å². The molecule has 0 amide bonds. The molecule has 3 nitrogen and oxygen atoms in total. The number of anilines is 1. The van der Waals surface area contributed by atoms with Gasteiger partial charge < -0.3 is 10.5 Å². The molecule has 0 saturated heterocycles. The quantitative estimate of drug-likeness (QED) is 0.848. The molecule has 2 rings (SSSR count). The second-order valence-electron chi connectivity index (χ2n) is 4.01. The first-order chi connectivity index (χ1) is 8.08. The minimum atomic E-state index is 0.504. The molecular weight excluding hydrogens is 232 g/mol. The van der Waals surface area contributed by atoms with Crippen LogP contribution in [0.25, 0.3) is 0 Å². The average molecular weight is 248 g/mol. The molecule has 1 heterocycles. The fourth-order valence-electron chi connectivity index (χ4n) is 1.53. The van der Waals surface area contributed by atoms with E-state index >= 15 is 0 Å². The summed E-state index contributed by atoms with van der Waals surface area (Å²) in [5, 5.41) is 1.00. The topological polar surface area (TPSA) is 48.1 Å². The zero-order chi connectivity index (χ0) is 12.4. The molecule has 0 spiro atoms. The fourth-order valence-corrected chi connectivity index (χ4v) is 2.38. The van der Waals surface area contributed by atoms with Gasteiger partial charge in [-0.15, -0.1) is 11.3 Å². The van der Waals surface area contributed by atoms with E-state index in [1.54, 1.807) is 11.3 Å². The van der Waals surface area contributed by atoms with Gasteiger partial charge in [0.05, 0.1) is 5.69 Å². The van der Waals surface area contributed by atoms with E-state index in [0.717, 1.165) is 27.7 Å². The molecule has 0 saturated carbocycles. The highest BCUT2D eigenvalue weighted by Gasteiger charge is 2.06. The van der Waals surface area contributed by atoms with Crippen molar-refractivity contribution in [3.05, 3.63) is 39.3 Å². The molecule has 0 unspecified atom stereocenters. The Labute approximate surface area is 105 Å². The number of thiazole rings is 1. The number of nitrogens with zero attached hydrogens (tertiary/aromatic N) is 1. The average Bonchev–Trinajstić information content (AvgIpc) is 2.61. The van der Waals surface area contributed by atoms with Crippen LogP contribution in [0, 0.1) is 20.8 Å². The number of ether oxygens (including phenoxy) is 1. The Bertz CT molecular complexity index is 515. The summed E-state index contributed by atoms with van der Waals surface area (Å²) < 4.78 is 5.74. The molecule has 0 radical (unpaired) electrons. The van der Waals surface area contributed by atoms with Crippen LogP contribution in [-0.4, -0.2) is 4.98 Å². The van der Waals surface area contributed by atoms with Crippen LogP contribution in [-0.2, 0) is 6.61 Å². The summed E-state index contributed by atoms with van der Waals surface area (Å²) in [6, 6.07) is 5.70. The third-order valence-electron chi connectivity index (χ3n) is 2.75. The summed E-state index contributed by atoms with van der Waals surface area (Å²) in [6.07, 6.45) is 0.